The van der Waals surface area contributed by atoms with Gasteiger partial charge in [0, 0.05) is 47.6 Å². The van der Waals surface area contributed by atoms with Crippen molar-refractivity contribution in [2.24, 2.45) is 5.73 Å². The van der Waals surface area contributed by atoms with Crippen LogP contribution >= 0.6 is 0 Å². The lowest BCUT2D eigenvalue weighted by Crippen LogP contribution is -2.44. The zero-order valence-corrected chi connectivity index (χ0v) is 16.4. The zero-order chi connectivity index (χ0) is 18.4. The third-order valence-corrected chi connectivity index (χ3v) is 6.41. The molecule has 0 rings (SSSR count). The highest BCUT2D eigenvalue weighted by molar-refractivity contribution is 6.60. The molecule has 144 valence electrons. The molecule has 0 aromatic heterocycles. The summed E-state index contributed by atoms with van der Waals surface area (Å²) in [6.07, 6.45) is 0.404. The number of primary amides is 1. The van der Waals surface area contributed by atoms with Crippen molar-refractivity contribution < 1.29 is 32.3 Å². The van der Waals surface area contributed by atoms with E-state index >= 15 is 0 Å². The van der Waals surface area contributed by atoms with Crippen LogP contribution in [0.2, 0.25) is 6.04 Å². The van der Waals surface area contributed by atoms with Gasteiger partial charge >= 0.3 is 14.8 Å². The van der Waals surface area contributed by atoms with E-state index in [0.717, 1.165) is 0 Å². The van der Waals surface area contributed by atoms with Crippen molar-refractivity contribution in [2.45, 2.75) is 25.7 Å². The van der Waals surface area contributed by atoms with Crippen LogP contribution in [0.3, 0.4) is 0 Å². The van der Waals surface area contributed by atoms with Crippen molar-refractivity contribution in [3.8, 4) is 0 Å². The van der Waals surface area contributed by atoms with Gasteiger partial charge < -0.3 is 38.1 Å². The lowest BCUT2D eigenvalue weighted by molar-refractivity contribution is -0.121. The second kappa shape index (κ2) is 13.5. The van der Waals surface area contributed by atoms with E-state index in [1.165, 1.54) is 4.90 Å². The Morgan fingerprint density at radius 1 is 1.04 bits per heavy atom. The Bertz CT molecular complexity index is 324. The number of rotatable bonds is 15. The van der Waals surface area contributed by atoms with Crippen molar-refractivity contribution in [1.29, 1.82) is 0 Å². The molecule has 0 aliphatic carbocycles. The Balaban J connectivity index is 4.00. The molecule has 0 aromatic carbocycles. The largest absolute Gasteiger partial charge is 0.500 e. The third kappa shape index (κ3) is 9.52. The maximum absolute atomic E-state index is 11.5. The molecular weight excluding hydrogens is 336 g/mol. The van der Waals surface area contributed by atoms with Gasteiger partial charge in [-0.1, -0.05) is 0 Å². The van der Waals surface area contributed by atoms with Gasteiger partial charge in [0.05, 0.1) is 19.8 Å². The molecule has 0 spiro atoms. The summed E-state index contributed by atoms with van der Waals surface area (Å²) in [5.41, 5.74) is 5.39. The van der Waals surface area contributed by atoms with Gasteiger partial charge in [-0.15, -0.1) is 0 Å². The van der Waals surface area contributed by atoms with Gasteiger partial charge in [0.15, 0.2) is 6.29 Å². The number of carbonyl (C=O) groups excluding carboxylic acids is 1. The maximum Gasteiger partial charge on any atom is 0.500 e. The molecule has 2 amide bonds. The van der Waals surface area contributed by atoms with Crippen LogP contribution in [0.15, 0.2) is 0 Å². The number of nitrogens with zero attached hydrogens (tertiary/aromatic N) is 1. The molecule has 0 saturated heterocycles. The fourth-order valence-electron chi connectivity index (χ4n) is 1.99. The predicted octanol–water partition coefficient (Wildman–Crippen LogP) is 0.661. The normalized spacial score (nSPS) is 13.0. The maximum atomic E-state index is 11.5. The first kappa shape index (κ1) is 23.2. The fourth-order valence-corrected chi connectivity index (χ4v) is 3.70. The molecule has 0 aliphatic heterocycles. The van der Waals surface area contributed by atoms with Crippen LogP contribution in [0.4, 0.5) is 4.79 Å². The van der Waals surface area contributed by atoms with Crippen molar-refractivity contribution in [3.63, 3.8) is 0 Å². The third-order valence-electron chi connectivity index (χ3n) is 3.57. The van der Waals surface area contributed by atoms with Crippen molar-refractivity contribution in [3.05, 3.63) is 0 Å². The second-order valence-electron chi connectivity index (χ2n) is 5.01. The van der Waals surface area contributed by atoms with E-state index in [1.54, 1.807) is 35.4 Å². The molecule has 0 radical (unpaired) electrons. The monoisotopic (exact) mass is 368 g/mol. The molecule has 2 N–H and O–H groups in total. The number of nitrogens with two attached hydrogens (primary N) is 1. The lowest BCUT2D eigenvalue weighted by atomic mass is 10.4. The Hall–Kier alpha value is -0.753. The van der Waals surface area contributed by atoms with E-state index in [-0.39, 0.29) is 6.29 Å². The highest BCUT2D eigenvalue weighted by Gasteiger charge is 2.37. The molecule has 24 heavy (non-hydrogen) atoms. The molecule has 0 bridgehead atoms. The predicted molar refractivity (Wildman–Crippen MR) is 90.6 cm³/mol. The number of hydrogen-bond donors (Lipinski definition) is 1. The highest BCUT2D eigenvalue weighted by Crippen LogP contribution is 2.15. The van der Waals surface area contributed by atoms with Crippen molar-refractivity contribution in [2.75, 3.05) is 61.3 Å². The number of amides is 2. The molecule has 0 saturated carbocycles. The average molecular weight is 369 g/mol. The van der Waals surface area contributed by atoms with E-state index < -0.39 is 14.8 Å². The van der Waals surface area contributed by atoms with Gasteiger partial charge in [0.2, 0.25) is 0 Å². The highest BCUT2D eigenvalue weighted by atomic mass is 28.4. The Morgan fingerprint density at radius 2 is 1.67 bits per heavy atom. The van der Waals surface area contributed by atoms with Crippen molar-refractivity contribution in [1.82, 2.24) is 4.90 Å². The first-order valence-electron chi connectivity index (χ1n) is 7.86. The number of carbonyl (C=O) groups is 1. The van der Waals surface area contributed by atoms with E-state index in [1.807, 2.05) is 0 Å². The number of hydrogen-bond acceptors (Lipinski definition) is 7. The minimum atomic E-state index is -2.62. The van der Waals surface area contributed by atoms with Crippen molar-refractivity contribution >= 4 is 14.8 Å². The Morgan fingerprint density at radius 3 is 2.17 bits per heavy atom. The van der Waals surface area contributed by atoms with Crippen LogP contribution in [-0.2, 0) is 27.5 Å². The lowest BCUT2D eigenvalue weighted by Gasteiger charge is -2.26. The summed E-state index contributed by atoms with van der Waals surface area (Å²) in [6, 6.07) is 0.117. The van der Waals surface area contributed by atoms with E-state index in [0.29, 0.717) is 45.4 Å². The minimum Gasteiger partial charge on any atom is -0.377 e. The summed E-state index contributed by atoms with van der Waals surface area (Å²) in [6.45, 7) is 3.94. The van der Waals surface area contributed by atoms with Gasteiger partial charge in [0.25, 0.3) is 0 Å². The topological polar surface area (TPSA) is 102 Å². The Labute approximate surface area is 145 Å². The molecule has 0 aromatic rings. The van der Waals surface area contributed by atoms with Crippen LogP contribution in [0.1, 0.15) is 13.3 Å². The van der Waals surface area contributed by atoms with Gasteiger partial charge in [-0.2, -0.15) is 0 Å². The summed E-state index contributed by atoms with van der Waals surface area (Å²) < 4.78 is 31.7. The average Bonchev–Trinajstić information content (AvgIpc) is 2.59. The molecule has 9 nitrogen and oxygen atoms in total. The summed E-state index contributed by atoms with van der Waals surface area (Å²) in [5.74, 6) is 0. The van der Waals surface area contributed by atoms with Gasteiger partial charge in [-0.05, 0) is 13.3 Å². The van der Waals surface area contributed by atoms with Gasteiger partial charge in [0.1, 0.15) is 0 Å². The van der Waals surface area contributed by atoms with Crippen LogP contribution in [0.25, 0.3) is 0 Å². The van der Waals surface area contributed by atoms with E-state index in [4.69, 9.17) is 33.2 Å². The van der Waals surface area contributed by atoms with E-state index in [2.05, 4.69) is 0 Å². The Kier molecular flexibility index (Phi) is 13.1. The summed E-state index contributed by atoms with van der Waals surface area (Å²) >= 11 is 0. The SMILES string of the molecule is COC(C)OCCOCCN(CCC[Si](OC)(OC)OC)C(N)=O. The van der Waals surface area contributed by atoms with Crippen LogP contribution in [0, 0.1) is 0 Å². The first-order valence-corrected chi connectivity index (χ1v) is 9.79. The van der Waals surface area contributed by atoms with Gasteiger partial charge in [-0.25, -0.2) is 4.79 Å². The molecule has 0 fully saturated rings. The molecule has 1 atom stereocenters. The first-order chi connectivity index (χ1) is 11.4. The number of methoxy groups -OCH3 is 1. The molecule has 0 heterocycles. The minimum absolute atomic E-state index is 0.262. The summed E-state index contributed by atoms with van der Waals surface area (Å²) in [7, 11) is 3.64. The van der Waals surface area contributed by atoms with Gasteiger partial charge in [-0.3, -0.25) is 0 Å². The zero-order valence-electron chi connectivity index (χ0n) is 15.4. The molecular formula is C14H32N2O7Si. The second-order valence-corrected chi connectivity index (χ2v) is 8.10. The summed E-state index contributed by atoms with van der Waals surface area (Å²) in [5, 5.41) is 0. The molecule has 1 unspecified atom stereocenters. The van der Waals surface area contributed by atoms with Crippen LogP contribution in [0.5, 0.6) is 0 Å². The standard InChI is InChI=1S/C14H32N2O7Si/c1-13(18-2)23-11-10-22-9-8-16(14(15)17)7-6-12-24(19-3,20-4)21-5/h13H,6-12H2,1-5H3,(H2,15,17). The quantitative estimate of drug-likeness (QED) is 0.257. The molecule has 10 heteroatoms. The fraction of sp³-hybridized carbons (Fsp3) is 0.929. The van der Waals surface area contributed by atoms with Crippen LogP contribution < -0.4 is 5.73 Å². The summed E-state index contributed by atoms with van der Waals surface area (Å²) in [4.78, 5) is 13.0. The van der Waals surface area contributed by atoms with Crippen LogP contribution in [-0.4, -0.2) is 87.4 Å². The van der Waals surface area contributed by atoms with E-state index in [9.17, 15) is 4.79 Å². The molecule has 0 aliphatic rings. The number of urea groups is 1. The smallest absolute Gasteiger partial charge is 0.377 e. The number of ether oxygens (including phenoxy) is 3.